The van der Waals surface area contributed by atoms with Crippen molar-refractivity contribution in [3.05, 3.63) is 61.3 Å². The van der Waals surface area contributed by atoms with Crippen LogP contribution in [0.4, 0.5) is 5.69 Å². The highest BCUT2D eigenvalue weighted by Gasteiger charge is 2.22. The van der Waals surface area contributed by atoms with E-state index in [4.69, 9.17) is 0 Å². The molecule has 0 aliphatic heterocycles. The molecular weight excluding hydrogens is 312 g/mol. The van der Waals surface area contributed by atoms with E-state index in [1.54, 1.807) is 24.1 Å². The summed E-state index contributed by atoms with van der Waals surface area (Å²) in [4.78, 5) is 26.7. The van der Waals surface area contributed by atoms with Gasteiger partial charge in [-0.15, -0.1) is 11.3 Å². The number of non-ortho nitro benzene ring substituents is 1. The summed E-state index contributed by atoms with van der Waals surface area (Å²) in [7, 11) is 1.73. The maximum Gasteiger partial charge on any atom is 0.269 e. The van der Waals surface area contributed by atoms with Crippen molar-refractivity contribution < 1.29 is 9.72 Å². The Balaban J connectivity index is 2.24. The van der Waals surface area contributed by atoms with Crippen LogP contribution in [0.3, 0.4) is 0 Å². The van der Waals surface area contributed by atoms with Crippen molar-refractivity contribution in [2.75, 3.05) is 7.05 Å². The fourth-order valence-corrected chi connectivity index (χ4v) is 3.54. The number of aryl methyl sites for hydroxylation is 2. The molecule has 0 aliphatic rings. The van der Waals surface area contributed by atoms with E-state index in [-0.39, 0.29) is 17.6 Å². The lowest BCUT2D eigenvalue weighted by atomic mass is 10.1. The normalized spacial score (nSPS) is 12.0. The lowest BCUT2D eigenvalue weighted by molar-refractivity contribution is -0.384. The van der Waals surface area contributed by atoms with Gasteiger partial charge in [-0.3, -0.25) is 14.9 Å². The highest BCUT2D eigenvalue weighted by molar-refractivity contribution is 7.14. The summed E-state index contributed by atoms with van der Waals surface area (Å²) in [6.07, 6.45) is 0.911. The molecule has 6 heteroatoms. The monoisotopic (exact) mass is 332 g/mol. The molecular formula is C17H20N2O3S. The van der Waals surface area contributed by atoms with Crippen molar-refractivity contribution in [2.45, 2.75) is 33.2 Å². The minimum absolute atomic E-state index is 0.0374. The molecule has 0 saturated heterocycles. The van der Waals surface area contributed by atoms with Crippen molar-refractivity contribution in [3.63, 3.8) is 0 Å². The minimum atomic E-state index is -0.422. The second-order valence-corrected chi connectivity index (χ2v) is 6.65. The molecule has 0 unspecified atom stereocenters. The van der Waals surface area contributed by atoms with E-state index >= 15 is 0 Å². The van der Waals surface area contributed by atoms with Crippen LogP contribution >= 0.6 is 11.3 Å². The maximum atomic E-state index is 12.7. The molecule has 122 valence electrons. The number of thiophene rings is 1. The van der Waals surface area contributed by atoms with Crippen molar-refractivity contribution in [3.8, 4) is 0 Å². The molecule has 1 aromatic heterocycles. The number of hydrogen-bond acceptors (Lipinski definition) is 4. The number of nitrogens with zero attached hydrogens (tertiary/aromatic N) is 2. The number of hydrogen-bond donors (Lipinski definition) is 0. The van der Waals surface area contributed by atoms with E-state index in [2.05, 4.69) is 6.92 Å². The van der Waals surface area contributed by atoms with Crippen LogP contribution in [-0.4, -0.2) is 22.8 Å². The van der Waals surface area contributed by atoms with Gasteiger partial charge < -0.3 is 4.90 Å². The highest BCUT2D eigenvalue weighted by atomic mass is 32.1. The van der Waals surface area contributed by atoms with Gasteiger partial charge in [-0.25, -0.2) is 0 Å². The maximum absolute atomic E-state index is 12.7. The molecule has 0 N–H and O–H groups in total. The van der Waals surface area contributed by atoms with E-state index < -0.39 is 4.92 Å². The summed E-state index contributed by atoms with van der Waals surface area (Å²) in [5.74, 6) is -0.0585. The van der Waals surface area contributed by atoms with E-state index in [0.29, 0.717) is 4.88 Å². The molecule has 0 saturated carbocycles. The number of nitro groups is 1. The fraction of sp³-hybridized carbons (Fsp3) is 0.353. The molecule has 0 fully saturated rings. The second-order valence-electron chi connectivity index (χ2n) is 5.51. The first-order valence-electron chi connectivity index (χ1n) is 7.46. The van der Waals surface area contributed by atoms with Gasteiger partial charge in [-0.2, -0.15) is 0 Å². The Morgan fingerprint density at radius 2 is 2.09 bits per heavy atom. The molecule has 1 atom stereocenters. The van der Waals surface area contributed by atoms with Gasteiger partial charge >= 0.3 is 0 Å². The molecule has 2 rings (SSSR count). The summed E-state index contributed by atoms with van der Waals surface area (Å²) < 4.78 is 0. The van der Waals surface area contributed by atoms with Gasteiger partial charge in [-0.05, 0) is 37.5 Å². The molecule has 1 heterocycles. The molecule has 1 amide bonds. The topological polar surface area (TPSA) is 63.5 Å². The fourth-order valence-electron chi connectivity index (χ4n) is 2.45. The Morgan fingerprint density at radius 3 is 2.65 bits per heavy atom. The lowest BCUT2D eigenvalue weighted by Gasteiger charge is -2.24. The van der Waals surface area contributed by atoms with Crippen molar-refractivity contribution in [1.82, 2.24) is 4.90 Å². The Hall–Kier alpha value is -2.21. The van der Waals surface area contributed by atoms with Crippen LogP contribution in [0, 0.1) is 17.0 Å². The predicted octanol–water partition coefficient (Wildman–Crippen LogP) is 4.36. The highest BCUT2D eigenvalue weighted by Crippen LogP contribution is 2.28. The molecule has 2 aromatic rings. The van der Waals surface area contributed by atoms with Gasteiger partial charge in [0.25, 0.3) is 11.6 Å². The first-order chi connectivity index (χ1) is 10.8. The summed E-state index contributed by atoms with van der Waals surface area (Å²) >= 11 is 1.52. The molecule has 1 aromatic carbocycles. The van der Waals surface area contributed by atoms with Crippen LogP contribution in [0.5, 0.6) is 0 Å². The Bertz CT molecular complexity index is 739. The third-order valence-electron chi connectivity index (χ3n) is 4.02. The van der Waals surface area contributed by atoms with Crippen molar-refractivity contribution in [2.24, 2.45) is 0 Å². The first-order valence-corrected chi connectivity index (χ1v) is 8.27. The molecule has 23 heavy (non-hydrogen) atoms. The number of carbonyl (C=O) groups excluding carboxylic acids is 1. The summed E-state index contributed by atoms with van der Waals surface area (Å²) in [5, 5.41) is 10.9. The Kier molecular flexibility index (Phi) is 5.15. The Morgan fingerprint density at radius 1 is 1.39 bits per heavy atom. The van der Waals surface area contributed by atoms with Crippen molar-refractivity contribution >= 4 is 22.9 Å². The molecule has 0 bridgehead atoms. The van der Waals surface area contributed by atoms with Crippen LogP contribution in [-0.2, 0) is 6.42 Å². The second kappa shape index (κ2) is 6.91. The first kappa shape index (κ1) is 17.1. The van der Waals surface area contributed by atoms with Crippen LogP contribution in [0.15, 0.2) is 30.3 Å². The summed E-state index contributed by atoms with van der Waals surface area (Å²) in [6.45, 7) is 5.96. The van der Waals surface area contributed by atoms with Gasteiger partial charge in [0.2, 0.25) is 0 Å². The Labute approximate surface area is 139 Å². The van der Waals surface area contributed by atoms with E-state index in [1.807, 2.05) is 19.9 Å². The van der Waals surface area contributed by atoms with Crippen LogP contribution in [0.1, 0.15) is 45.6 Å². The van der Waals surface area contributed by atoms with Crippen LogP contribution < -0.4 is 0 Å². The minimum Gasteiger partial charge on any atom is -0.334 e. The van der Waals surface area contributed by atoms with Gasteiger partial charge in [-0.1, -0.05) is 19.1 Å². The predicted molar refractivity (Wildman–Crippen MR) is 92.0 cm³/mol. The van der Waals surface area contributed by atoms with E-state index in [9.17, 15) is 14.9 Å². The van der Waals surface area contributed by atoms with Gasteiger partial charge in [0.05, 0.1) is 15.8 Å². The number of carbonyl (C=O) groups is 1. The molecule has 0 radical (unpaired) electrons. The van der Waals surface area contributed by atoms with Crippen LogP contribution in [0.25, 0.3) is 0 Å². The zero-order valence-corrected chi connectivity index (χ0v) is 14.5. The summed E-state index contributed by atoms with van der Waals surface area (Å²) in [5.41, 5.74) is 1.92. The smallest absolute Gasteiger partial charge is 0.269 e. The SMILES string of the molecule is CCc1sc(C(=O)N(C)[C@@H](C)c2cccc([N+](=O)[O-])c2)cc1C. The quantitative estimate of drug-likeness (QED) is 0.603. The number of nitro benzene ring substituents is 1. The lowest BCUT2D eigenvalue weighted by Crippen LogP contribution is -2.29. The van der Waals surface area contributed by atoms with Gasteiger partial charge in [0.1, 0.15) is 0 Å². The van der Waals surface area contributed by atoms with E-state index in [1.165, 1.54) is 28.3 Å². The average molecular weight is 332 g/mol. The molecule has 0 spiro atoms. The standard InChI is InChI=1S/C17H20N2O3S/c1-5-15-11(2)9-16(23-15)17(20)18(4)12(3)13-7-6-8-14(10-13)19(21)22/h6-10,12H,5H2,1-4H3/t12-/m0/s1. The average Bonchev–Trinajstić information content (AvgIpc) is 2.93. The third kappa shape index (κ3) is 3.59. The number of amides is 1. The molecule has 5 nitrogen and oxygen atoms in total. The molecule has 0 aliphatic carbocycles. The summed E-state index contributed by atoms with van der Waals surface area (Å²) in [6, 6.07) is 8.10. The van der Waals surface area contributed by atoms with Gasteiger partial charge in [0, 0.05) is 24.1 Å². The zero-order chi connectivity index (χ0) is 17.1. The number of benzene rings is 1. The number of rotatable bonds is 5. The van der Waals surface area contributed by atoms with Crippen molar-refractivity contribution in [1.29, 1.82) is 0 Å². The zero-order valence-electron chi connectivity index (χ0n) is 13.7. The van der Waals surface area contributed by atoms with E-state index in [0.717, 1.165) is 17.5 Å². The third-order valence-corrected chi connectivity index (χ3v) is 5.39. The van der Waals surface area contributed by atoms with Crippen LogP contribution in [0.2, 0.25) is 0 Å². The van der Waals surface area contributed by atoms with Gasteiger partial charge in [0.15, 0.2) is 0 Å². The largest absolute Gasteiger partial charge is 0.334 e.